The molecule has 4 N–H and O–H groups in total. The minimum Gasteiger partial charge on any atom is -0.444 e. The fourth-order valence-corrected chi connectivity index (χ4v) is 4.30. The normalized spacial score (nSPS) is 11.4. The van der Waals surface area contributed by atoms with Gasteiger partial charge in [0.05, 0.1) is 11.9 Å². The van der Waals surface area contributed by atoms with E-state index in [0.717, 1.165) is 66.6 Å². The van der Waals surface area contributed by atoms with Gasteiger partial charge in [0.25, 0.3) is 5.91 Å². The van der Waals surface area contributed by atoms with Gasteiger partial charge in [0.2, 0.25) is 5.95 Å². The van der Waals surface area contributed by atoms with Gasteiger partial charge in [-0.15, -0.1) is 0 Å². The molecule has 0 spiro atoms. The third-order valence-corrected chi connectivity index (χ3v) is 6.24. The number of nitrogens with zero attached hydrogens (tertiary/aromatic N) is 4. The number of hydrogen-bond acceptors (Lipinski definition) is 7. The van der Waals surface area contributed by atoms with Gasteiger partial charge in [-0.25, -0.2) is 9.78 Å². The lowest BCUT2D eigenvalue weighted by molar-refractivity contribution is 0.0526. The molecular formula is C30H40N8O3. The van der Waals surface area contributed by atoms with Gasteiger partial charge in [-0.3, -0.25) is 9.48 Å². The summed E-state index contributed by atoms with van der Waals surface area (Å²) in [6.45, 7) is 9.67. The number of nitrogens with one attached hydrogen (secondary N) is 4. The van der Waals surface area contributed by atoms with E-state index in [1.165, 1.54) is 0 Å². The van der Waals surface area contributed by atoms with Gasteiger partial charge in [0, 0.05) is 54.2 Å². The van der Waals surface area contributed by atoms with E-state index < -0.39 is 5.60 Å². The van der Waals surface area contributed by atoms with Gasteiger partial charge >= 0.3 is 6.09 Å². The summed E-state index contributed by atoms with van der Waals surface area (Å²) >= 11 is 0. The number of carbonyl (C=O) groups excluding carboxylic acids is 2. The molecule has 11 heteroatoms. The SMILES string of the molecule is CCCn1cc(-c2nc(Nc3ccc(C(=O)NCCCCCCNC(=O)OC(C)(C)C)cc3)nc3[nH]ccc23)cn1. The van der Waals surface area contributed by atoms with Gasteiger partial charge in [-0.05, 0) is 70.4 Å². The highest BCUT2D eigenvalue weighted by Crippen LogP contribution is 2.27. The number of benzene rings is 1. The van der Waals surface area contributed by atoms with Gasteiger partial charge in [-0.1, -0.05) is 19.8 Å². The third kappa shape index (κ3) is 8.79. The molecule has 0 aliphatic heterocycles. The molecule has 0 bridgehead atoms. The minimum absolute atomic E-state index is 0.112. The molecule has 4 rings (SSSR count). The minimum atomic E-state index is -0.491. The number of H-pyrrole nitrogens is 1. The van der Waals surface area contributed by atoms with Crippen LogP contribution in [0.3, 0.4) is 0 Å². The molecule has 3 heterocycles. The number of aromatic amines is 1. The van der Waals surface area contributed by atoms with E-state index in [9.17, 15) is 9.59 Å². The lowest BCUT2D eigenvalue weighted by atomic mass is 10.1. The zero-order valence-electron chi connectivity index (χ0n) is 24.3. The van der Waals surface area contributed by atoms with Crippen LogP contribution in [0.2, 0.25) is 0 Å². The molecule has 0 atom stereocenters. The van der Waals surface area contributed by atoms with Crippen LogP contribution < -0.4 is 16.0 Å². The van der Waals surface area contributed by atoms with E-state index in [0.29, 0.717) is 24.6 Å². The molecule has 218 valence electrons. The van der Waals surface area contributed by atoms with Crippen molar-refractivity contribution in [1.82, 2.24) is 35.4 Å². The zero-order chi connectivity index (χ0) is 29.2. The van der Waals surface area contributed by atoms with Gasteiger partial charge in [0.15, 0.2) is 0 Å². The number of ether oxygens (including phenoxy) is 1. The first-order chi connectivity index (χ1) is 19.7. The molecule has 11 nitrogen and oxygen atoms in total. The molecule has 0 aliphatic rings. The summed E-state index contributed by atoms with van der Waals surface area (Å²) in [4.78, 5) is 36.8. The highest BCUT2D eigenvalue weighted by atomic mass is 16.6. The first-order valence-corrected chi connectivity index (χ1v) is 14.2. The van der Waals surface area contributed by atoms with Gasteiger partial charge in [0.1, 0.15) is 11.2 Å². The molecule has 3 aromatic heterocycles. The number of anilines is 2. The maximum absolute atomic E-state index is 12.6. The second-order valence-corrected chi connectivity index (χ2v) is 10.9. The summed E-state index contributed by atoms with van der Waals surface area (Å²) < 4.78 is 7.13. The van der Waals surface area contributed by atoms with Crippen molar-refractivity contribution >= 4 is 34.7 Å². The summed E-state index contributed by atoms with van der Waals surface area (Å²) in [6.07, 6.45) is 9.95. The summed E-state index contributed by atoms with van der Waals surface area (Å²) in [5, 5.41) is 14.4. The Labute approximate surface area is 240 Å². The van der Waals surface area contributed by atoms with Crippen molar-refractivity contribution in [2.75, 3.05) is 18.4 Å². The lowest BCUT2D eigenvalue weighted by Crippen LogP contribution is -2.33. The average Bonchev–Trinajstić information content (AvgIpc) is 3.59. The Morgan fingerprint density at radius 1 is 0.976 bits per heavy atom. The first-order valence-electron chi connectivity index (χ1n) is 14.2. The molecule has 0 aliphatic carbocycles. The predicted octanol–water partition coefficient (Wildman–Crippen LogP) is 5.79. The van der Waals surface area contributed by atoms with Crippen LogP contribution in [0.1, 0.15) is 70.2 Å². The van der Waals surface area contributed by atoms with E-state index in [2.05, 4.69) is 37.9 Å². The molecule has 0 unspecified atom stereocenters. The largest absolute Gasteiger partial charge is 0.444 e. The van der Waals surface area contributed by atoms with Crippen LogP contribution in [0, 0.1) is 0 Å². The fraction of sp³-hybridized carbons (Fsp3) is 0.433. The van der Waals surface area contributed by atoms with Gasteiger partial charge < -0.3 is 25.7 Å². The number of amides is 2. The molecule has 0 saturated carbocycles. The maximum atomic E-state index is 12.6. The molecule has 1 aromatic carbocycles. The smallest absolute Gasteiger partial charge is 0.407 e. The van der Waals surface area contributed by atoms with Crippen LogP contribution in [0.4, 0.5) is 16.4 Å². The highest BCUT2D eigenvalue weighted by Gasteiger charge is 2.16. The molecule has 2 amide bonds. The van der Waals surface area contributed by atoms with Crippen LogP contribution in [0.25, 0.3) is 22.3 Å². The summed E-state index contributed by atoms with van der Waals surface area (Å²) in [6, 6.07) is 9.20. The van der Waals surface area contributed by atoms with Crippen LogP contribution >= 0.6 is 0 Å². The first kappa shape index (κ1) is 29.6. The van der Waals surface area contributed by atoms with Crippen LogP contribution in [0.15, 0.2) is 48.9 Å². The molecular weight excluding hydrogens is 520 g/mol. The zero-order valence-corrected chi connectivity index (χ0v) is 24.3. The summed E-state index contributed by atoms with van der Waals surface area (Å²) in [7, 11) is 0. The number of alkyl carbamates (subject to hydrolysis) is 1. The predicted molar refractivity (Wildman–Crippen MR) is 160 cm³/mol. The lowest BCUT2D eigenvalue weighted by Gasteiger charge is -2.19. The van der Waals surface area contributed by atoms with E-state index in [-0.39, 0.29) is 12.0 Å². The Morgan fingerprint density at radius 2 is 1.71 bits per heavy atom. The number of fused-ring (bicyclic) bond motifs is 1. The number of unbranched alkanes of at least 4 members (excludes halogenated alkanes) is 3. The van der Waals surface area contributed by atoms with Crippen molar-refractivity contribution in [2.45, 2.75) is 71.9 Å². The van der Waals surface area contributed by atoms with Crippen LogP contribution in [0.5, 0.6) is 0 Å². The number of carbonyl (C=O) groups is 2. The molecule has 41 heavy (non-hydrogen) atoms. The Kier molecular flexibility index (Phi) is 9.94. The van der Waals surface area contributed by atoms with E-state index in [1.54, 1.807) is 12.1 Å². The second kappa shape index (κ2) is 13.8. The van der Waals surface area contributed by atoms with Crippen molar-refractivity contribution < 1.29 is 14.3 Å². The van der Waals surface area contributed by atoms with E-state index in [4.69, 9.17) is 9.72 Å². The Bertz CT molecular complexity index is 1440. The van der Waals surface area contributed by atoms with E-state index in [1.807, 2.05) is 62.2 Å². The standard InChI is InChI=1S/C30H40N8O3/c1-5-18-38-20-22(19-34-38)25-24-14-17-31-26(24)37-28(36-25)35-23-12-10-21(11-13-23)27(39)32-15-8-6-7-9-16-33-29(40)41-30(2,3)4/h10-14,17,19-20H,5-9,15-16,18H2,1-4H3,(H,32,39)(H,33,40)(H2,31,35,36,37). The number of hydrogen-bond donors (Lipinski definition) is 4. The highest BCUT2D eigenvalue weighted by molar-refractivity contribution is 5.94. The second-order valence-electron chi connectivity index (χ2n) is 10.9. The van der Waals surface area contributed by atoms with Crippen LogP contribution in [-0.2, 0) is 11.3 Å². The molecule has 0 saturated heterocycles. The molecule has 4 aromatic rings. The number of rotatable bonds is 13. The third-order valence-electron chi connectivity index (χ3n) is 6.24. The van der Waals surface area contributed by atoms with Crippen molar-refractivity contribution in [1.29, 1.82) is 0 Å². The van der Waals surface area contributed by atoms with Crippen molar-refractivity contribution in [3.8, 4) is 11.3 Å². The van der Waals surface area contributed by atoms with E-state index >= 15 is 0 Å². The fourth-order valence-electron chi connectivity index (χ4n) is 4.30. The maximum Gasteiger partial charge on any atom is 0.407 e. The van der Waals surface area contributed by atoms with Crippen LogP contribution in [-0.4, -0.2) is 55.4 Å². The van der Waals surface area contributed by atoms with Crippen molar-refractivity contribution in [3.63, 3.8) is 0 Å². The Hall–Kier alpha value is -4.41. The average molecular weight is 561 g/mol. The van der Waals surface area contributed by atoms with Crippen molar-refractivity contribution in [3.05, 3.63) is 54.5 Å². The van der Waals surface area contributed by atoms with Crippen molar-refractivity contribution in [2.24, 2.45) is 0 Å². The quantitative estimate of drug-likeness (QED) is 0.152. The number of aryl methyl sites for hydroxylation is 1. The Morgan fingerprint density at radius 3 is 2.41 bits per heavy atom. The van der Waals surface area contributed by atoms with Gasteiger partial charge in [-0.2, -0.15) is 10.1 Å². The summed E-state index contributed by atoms with van der Waals surface area (Å²) in [5.74, 6) is 0.343. The monoisotopic (exact) mass is 560 g/mol. The Balaban J connectivity index is 1.23. The topological polar surface area (TPSA) is 139 Å². The molecule has 0 radical (unpaired) electrons. The number of aromatic nitrogens is 5. The molecule has 0 fully saturated rings. The summed E-state index contributed by atoms with van der Waals surface area (Å²) in [5.41, 5.74) is 3.34.